The Kier molecular flexibility index (Phi) is 7.99. The van der Waals surface area contributed by atoms with E-state index in [0.717, 1.165) is 12.8 Å². The lowest BCUT2D eigenvalue weighted by atomic mass is 10.2. The van der Waals surface area contributed by atoms with Crippen LogP contribution in [0.3, 0.4) is 0 Å². The maximum absolute atomic E-state index is 12.3. The van der Waals surface area contributed by atoms with E-state index in [1.54, 1.807) is 24.3 Å². The van der Waals surface area contributed by atoms with E-state index in [-0.39, 0.29) is 25.6 Å². The molecule has 0 fully saturated rings. The van der Waals surface area contributed by atoms with Crippen molar-refractivity contribution in [2.75, 3.05) is 33.4 Å². The molecule has 0 heterocycles. The summed E-state index contributed by atoms with van der Waals surface area (Å²) in [4.78, 5) is 24.4. The third kappa shape index (κ3) is 6.13. The molecule has 0 aliphatic heterocycles. The normalized spacial score (nSPS) is 10.3. The molecule has 0 aliphatic rings. The lowest BCUT2D eigenvalue weighted by Crippen LogP contribution is -2.37. The predicted octanol–water partition coefficient (Wildman–Crippen LogP) is 2.04. The summed E-state index contributed by atoms with van der Waals surface area (Å²) in [5.74, 6) is -0.685. The Hall–Kier alpha value is -2.08. The fraction of sp³-hybridized carbons (Fsp3) is 0.500. The maximum Gasteiger partial charge on any atom is 0.323 e. The molecule has 0 unspecified atom stereocenters. The second kappa shape index (κ2) is 9.78. The zero-order valence-corrected chi connectivity index (χ0v) is 13.1. The number of aliphatic carboxylic acids is 1. The number of carbonyl (C=O) groups is 2. The lowest BCUT2D eigenvalue weighted by molar-refractivity contribution is -0.137. The molecular formula is C16H23NO5. The van der Waals surface area contributed by atoms with Gasteiger partial charge in [-0.05, 0) is 30.7 Å². The van der Waals surface area contributed by atoms with Gasteiger partial charge in [-0.25, -0.2) is 0 Å². The number of nitrogens with zero attached hydrogens (tertiary/aromatic N) is 1. The number of ether oxygens (including phenoxy) is 2. The summed E-state index contributed by atoms with van der Waals surface area (Å²) in [6.07, 6.45) is 2.03. The topological polar surface area (TPSA) is 76.1 Å². The second-order valence-electron chi connectivity index (χ2n) is 4.84. The van der Waals surface area contributed by atoms with Gasteiger partial charge in [0.2, 0.25) is 0 Å². The molecule has 0 atom stereocenters. The van der Waals surface area contributed by atoms with E-state index in [4.69, 9.17) is 14.6 Å². The Bertz CT molecular complexity index is 472. The van der Waals surface area contributed by atoms with Gasteiger partial charge in [0.25, 0.3) is 5.91 Å². The van der Waals surface area contributed by atoms with E-state index in [0.29, 0.717) is 17.9 Å². The smallest absolute Gasteiger partial charge is 0.323 e. The molecule has 122 valence electrons. The quantitative estimate of drug-likeness (QED) is 0.669. The molecule has 0 saturated heterocycles. The molecule has 1 aromatic carbocycles. The number of carbonyl (C=O) groups excluding carboxylic acids is 1. The molecule has 0 bridgehead atoms. The molecule has 0 radical (unpaired) electrons. The van der Waals surface area contributed by atoms with Gasteiger partial charge in [0.1, 0.15) is 12.3 Å². The van der Waals surface area contributed by atoms with Gasteiger partial charge in [-0.3, -0.25) is 9.59 Å². The first kappa shape index (κ1) is 18.0. The summed E-state index contributed by atoms with van der Waals surface area (Å²) >= 11 is 0. The van der Waals surface area contributed by atoms with E-state index in [1.165, 1.54) is 12.0 Å². The van der Waals surface area contributed by atoms with Gasteiger partial charge < -0.3 is 19.5 Å². The van der Waals surface area contributed by atoms with Gasteiger partial charge in [0.15, 0.2) is 0 Å². The number of amides is 1. The van der Waals surface area contributed by atoms with Gasteiger partial charge >= 0.3 is 5.97 Å². The minimum Gasteiger partial charge on any atom is -0.494 e. The standard InChI is InChI=1S/C16H23NO5/c1-3-4-10-22-14-7-5-13(6-8-14)16(20)17(9-11-21-2)12-15(18)19/h5-8H,3-4,9-12H2,1-2H3,(H,18,19). The molecule has 0 aliphatic carbocycles. The number of carboxylic acids is 1. The predicted molar refractivity (Wildman–Crippen MR) is 82.3 cm³/mol. The minimum absolute atomic E-state index is 0.233. The summed E-state index contributed by atoms with van der Waals surface area (Å²) in [6.45, 7) is 2.90. The van der Waals surface area contributed by atoms with Crippen molar-refractivity contribution >= 4 is 11.9 Å². The molecule has 1 amide bonds. The Morgan fingerprint density at radius 3 is 2.41 bits per heavy atom. The lowest BCUT2D eigenvalue weighted by Gasteiger charge is -2.20. The fourth-order valence-electron chi connectivity index (χ4n) is 1.83. The number of hydrogen-bond donors (Lipinski definition) is 1. The highest BCUT2D eigenvalue weighted by molar-refractivity contribution is 5.95. The molecule has 6 nitrogen and oxygen atoms in total. The number of carboxylic acid groups (broad SMARTS) is 1. The van der Waals surface area contributed by atoms with Crippen LogP contribution >= 0.6 is 0 Å². The van der Waals surface area contributed by atoms with E-state index in [2.05, 4.69) is 6.92 Å². The van der Waals surface area contributed by atoms with Crippen LogP contribution in [0.25, 0.3) is 0 Å². The Balaban J connectivity index is 2.69. The molecule has 0 spiro atoms. The largest absolute Gasteiger partial charge is 0.494 e. The first-order valence-corrected chi connectivity index (χ1v) is 7.31. The van der Waals surface area contributed by atoms with E-state index < -0.39 is 5.97 Å². The Labute approximate surface area is 130 Å². The van der Waals surface area contributed by atoms with Crippen LogP contribution in [-0.4, -0.2) is 55.3 Å². The van der Waals surface area contributed by atoms with Crippen LogP contribution in [0.2, 0.25) is 0 Å². The monoisotopic (exact) mass is 309 g/mol. The molecule has 6 heteroatoms. The SMILES string of the molecule is CCCCOc1ccc(C(=O)N(CCOC)CC(=O)O)cc1. The number of methoxy groups -OCH3 is 1. The number of unbranched alkanes of at least 4 members (excludes halogenated alkanes) is 1. The van der Waals surface area contributed by atoms with Crippen LogP contribution in [0.15, 0.2) is 24.3 Å². The van der Waals surface area contributed by atoms with E-state index in [9.17, 15) is 9.59 Å². The molecule has 1 N–H and O–H groups in total. The average Bonchev–Trinajstić information content (AvgIpc) is 2.51. The average molecular weight is 309 g/mol. The van der Waals surface area contributed by atoms with Crippen molar-refractivity contribution in [2.24, 2.45) is 0 Å². The Morgan fingerprint density at radius 2 is 1.86 bits per heavy atom. The van der Waals surface area contributed by atoms with Gasteiger partial charge in [-0.1, -0.05) is 13.3 Å². The van der Waals surface area contributed by atoms with Crippen LogP contribution < -0.4 is 4.74 Å². The van der Waals surface area contributed by atoms with Gasteiger partial charge in [0, 0.05) is 19.2 Å². The summed E-state index contributed by atoms with van der Waals surface area (Å²) in [5.41, 5.74) is 0.431. The van der Waals surface area contributed by atoms with Crippen molar-refractivity contribution in [3.8, 4) is 5.75 Å². The Morgan fingerprint density at radius 1 is 1.18 bits per heavy atom. The van der Waals surface area contributed by atoms with Gasteiger partial charge in [-0.15, -0.1) is 0 Å². The second-order valence-corrected chi connectivity index (χ2v) is 4.84. The maximum atomic E-state index is 12.3. The van der Waals surface area contributed by atoms with Crippen molar-refractivity contribution in [1.82, 2.24) is 4.90 Å². The van der Waals surface area contributed by atoms with Crippen LogP contribution in [0.5, 0.6) is 5.75 Å². The fourth-order valence-corrected chi connectivity index (χ4v) is 1.83. The van der Waals surface area contributed by atoms with Gasteiger partial charge in [-0.2, -0.15) is 0 Å². The summed E-state index contributed by atoms with van der Waals surface area (Å²) in [7, 11) is 1.51. The molecule has 1 rings (SSSR count). The zero-order chi connectivity index (χ0) is 16.4. The first-order valence-electron chi connectivity index (χ1n) is 7.31. The molecule has 22 heavy (non-hydrogen) atoms. The van der Waals surface area contributed by atoms with Crippen molar-refractivity contribution in [2.45, 2.75) is 19.8 Å². The van der Waals surface area contributed by atoms with Crippen LogP contribution in [-0.2, 0) is 9.53 Å². The minimum atomic E-state index is -1.05. The van der Waals surface area contributed by atoms with Crippen molar-refractivity contribution in [3.63, 3.8) is 0 Å². The van der Waals surface area contributed by atoms with Crippen LogP contribution in [0.4, 0.5) is 0 Å². The van der Waals surface area contributed by atoms with E-state index >= 15 is 0 Å². The summed E-state index contributed by atoms with van der Waals surface area (Å²) in [5, 5.41) is 8.89. The highest BCUT2D eigenvalue weighted by Gasteiger charge is 2.18. The number of hydrogen-bond acceptors (Lipinski definition) is 4. The highest BCUT2D eigenvalue weighted by atomic mass is 16.5. The summed E-state index contributed by atoms with van der Waals surface area (Å²) < 4.78 is 10.4. The van der Waals surface area contributed by atoms with Gasteiger partial charge in [0.05, 0.1) is 13.2 Å². The van der Waals surface area contributed by atoms with Crippen molar-refractivity contribution < 1.29 is 24.2 Å². The zero-order valence-electron chi connectivity index (χ0n) is 13.1. The number of benzene rings is 1. The molecular weight excluding hydrogens is 286 g/mol. The summed E-state index contributed by atoms with van der Waals surface area (Å²) in [6, 6.07) is 6.73. The van der Waals surface area contributed by atoms with Crippen LogP contribution in [0.1, 0.15) is 30.1 Å². The molecule has 1 aromatic rings. The first-order chi connectivity index (χ1) is 10.6. The van der Waals surface area contributed by atoms with Crippen LogP contribution in [0, 0.1) is 0 Å². The third-order valence-electron chi connectivity index (χ3n) is 3.05. The third-order valence-corrected chi connectivity index (χ3v) is 3.05. The van der Waals surface area contributed by atoms with Crippen molar-refractivity contribution in [1.29, 1.82) is 0 Å². The number of rotatable bonds is 10. The van der Waals surface area contributed by atoms with Crippen molar-refractivity contribution in [3.05, 3.63) is 29.8 Å². The molecule has 0 saturated carbocycles. The highest BCUT2D eigenvalue weighted by Crippen LogP contribution is 2.14. The molecule has 0 aromatic heterocycles. The van der Waals surface area contributed by atoms with E-state index in [1.807, 2.05) is 0 Å².